The van der Waals surface area contributed by atoms with Gasteiger partial charge in [0.1, 0.15) is 5.69 Å². The number of hydrogen-bond donors (Lipinski definition) is 1. The normalized spacial score (nSPS) is 16.0. The Labute approximate surface area is 197 Å². The van der Waals surface area contributed by atoms with E-state index in [4.69, 9.17) is 5.73 Å². The van der Waals surface area contributed by atoms with Crippen LogP contribution < -0.4 is 15.5 Å². The number of fused-ring (bicyclic) bond motifs is 1. The van der Waals surface area contributed by atoms with Crippen LogP contribution in [0.15, 0.2) is 48.5 Å². The van der Waals surface area contributed by atoms with Crippen molar-refractivity contribution in [3.05, 3.63) is 71.0 Å². The van der Waals surface area contributed by atoms with Crippen LogP contribution >= 0.6 is 0 Å². The Bertz CT molecular complexity index is 1280. The molecular weight excluding hydrogens is 430 g/mol. The molecule has 0 radical (unpaired) electrons. The highest BCUT2D eigenvalue weighted by Crippen LogP contribution is 2.31. The van der Waals surface area contributed by atoms with Gasteiger partial charge in [-0.2, -0.15) is 5.10 Å². The molecule has 8 nitrogen and oxygen atoms in total. The average Bonchev–Trinajstić information content (AvgIpc) is 3.25. The summed E-state index contributed by atoms with van der Waals surface area (Å²) < 4.78 is 1.57. The minimum atomic E-state index is -0.638. The lowest BCUT2D eigenvalue weighted by Crippen LogP contribution is -2.39. The number of anilines is 2. The molecule has 2 aliphatic heterocycles. The van der Waals surface area contributed by atoms with E-state index in [9.17, 15) is 14.4 Å². The molecule has 0 unspecified atom stereocenters. The van der Waals surface area contributed by atoms with Crippen molar-refractivity contribution in [2.45, 2.75) is 39.0 Å². The average molecular weight is 458 g/mol. The van der Waals surface area contributed by atoms with E-state index in [2.05, 4.69) is 5.10 Å². The lowest BCUT2D eigenvalue weighted by Gasteiger charge is -2.30. The zero-order chi connectivity index (χ0) is 23.8. The first-order valence-corrected chi connectivity index (χ1v) is 11.7. The summed E-state index contributed by atoms with van der Waals surface area (Å²) in [7, 11) is 0. The van der Waals surface area contributed by atoms with Crippen LogP contribution in [0.3, 0.4) is 0 Å². The van der Waals surface area contributed by atoms with Crippen LogP contribution in [0.25, 0.3) is 5.69 Å². The van der Waals surface area contributed by atoms with Crippen LogP contribution in [0.2, 0.25) is 0 Å². The maximum atomic E-state index is 13.7. The molecule has 0 spiro atoms. The maximum Gasteiger partial charge on any atom is 0.277 e. The standard InChI is InChI=1S/C26H27N5O3/c1-2-17-7-3-4-8-21(17)31-24-20(23(28-31)25(27)33)14-16-30(26(24)34)19-12-10-18(11-13-19)29-15-6-5-9-22(29)32/h3-4,7-8,10-13H,2,5-6,9,14-16H2,1H3,(H2,27,33). The number of amides is 3. The Morgan fingerprint density at radius 2 is 1.65 bits per heavy atom. The van der Waals surface area contributed by atoms with Gasteiger partial charge in [-0.05, 0) is 61.6 Å². The smallest absolute Gasteiger partial charge is 0.277 e. The van der Waals surface area contributed by atoms with Gasteiger partial charge in [0, 0.05) is 36.4 Å². The predicted molar refractivity (Wildman–Crippen MR) is 129 cm³/mol. The second kappa shape index (κ2) is 8.78. The summed E-state index contributed by atoms with van der Waals surface area (Å²) in [5.74, 6) is -0.732. The van der Waals surface area contributed by atoms with Crippen LogP contribution in [0.5, 0.6) is 0 Å². The third-order valence-corrected chi connectivity index (χ3v) is 6.65. The minimum absolute atomic E-state index is 0.134. The van der Waals surface area contributed by atoms with E-state index in [0.717, 1.165) is 48.4 Å². The summed E-state index contributed by atoms with van der Waals surface area (Å²) >= 11 is 0. The third-order valence-electron chi connectivity index (χ3n) is 6.65. The molecule has 2 N–H and O–H groups in total. The molecule has 5 rings (SSSR count). The molecule has 0 bridgehead atoms. The van der Waals surface area contributed by atoms with Gasteiger partial charge in [0.25, 0.3) is 11.8 Å². The lowest BCUT2D eigenvalue weighted by molar-refractivity contribution is -0.119. The Morgan fingerprint density at radius 3 is 2.32 bits per heavy atom. The van der Waals surface area contributed by atoms with Gasteiger partial charge in [-0.3, -0.25) is 14.4 Å². The Morgan fingerprint density at radius 1 is 0.941 bits per heavy atom. The fraction of sp³-hybridized carbons (Fsp3) is 0.308. The molecule has 1 aromatic heterocycles. The van der Waals surface area contributed by atoms with Gasteiger partial charge < -0.3 is 15.5 Å². The molecule has 1 saturated heterocycles. The molecule has 34 heavy (non-hydrogen) atoms. The van der Waals surface area contributed by atoms with Crippen molar-refractivity contribution < 1.29 is 14.4 Å². The Balaban J connectivity index is 1.52. The Hall–Kier alpha value is -3.94. The molecular formula is C26H27N5O3. The number of nitrogens with two attached hydrogens (primary N) is 1. The maximum absolute atomic E-state index is 13.7. The first-order valence-electron chi connectivity index (χ1n) is 11.7. The van der Waals surface area contributed by atoms with E-state index >= 15 is 0 Å². The highest BCUT2D eigenvalue weighted by atomic mass is 16.2. The molecule has 0 aliphatic carbocycles. The van der Waals surface area contributed by atoms with Crippen LogP contribution in [0.4, 0.5) is 11.4 Å². The minimum Gasteiger partial charge on any atom is -0.364 e. The first kappa shape index (κ1) is 21.9. The van der Waals surface area contributed by atoms with Crippen LogP contribution in [0.1, 0.15) is 58.3 Å². The molecule has 2 aromatic carbocycles. The predicted octanol–water partition coefficient (Wildman–Crippen LogP) is 3.25. The molecule has 3 heterocycles. The zero-order valence-corrected chi connectivity index (χ0v) is 19.2. The van der Waals surface area contributed by atoms with Gasteiger partial charge >= 0.3 is 0 Å². The summed E-state index contributed by atoms with van der Waals surface area (Å²) in [5.41, 5.74) is 10.1. The number of piperidine rings is 1. The van der Waals surface area contributed by atoms with E-state index in [1.165, 1.54) is 0 Å². The van der Waals surface area contributed by atoms with Gasteiger partial charge in [0.2, 0.25) is 5.91 Å². The quantitative estimate of drug-likeness (QED) is 0.635. The summed E-state index contributed by atoms with van der Waals surface area (Å²) in [6.07, 6.45) is 3.72. The Kier molecular flexibility index (Phi) is 5.65. The van der Waals surface area contributed by atoms with Gasteiger partial charge in [-0.25, -0.2) is 4.68 Å². The largest absolute Gasteiger partial charge is 0.364 e. The van der Waals surface area contributed by atoms with Crippen LogP contribution in [0, 0.1) is 0 Å². The van der Waals surface area contributed by atoms with Gasteiger partial charge in [0.05, 0.1) is 5.69 Å². The fourth-order valence-electron chi connectivity index (χ4n) is 4.89. The summed E-state index contributed by atoms with van der Waals surface area (Å²) in [4.78, 5) is 41.6. The molecule has 0 atom stereocenters. The topological polar surface area (TPSA) is 102 Å². The number of para-hydroxylation sites is 1. The fourth-order valence-corrected chi connectivity index (χ4v) is 4.89. The van der Waals surface area contributed by atoms with E-state index in [1.807, 2.05) is 55.5 Å². The van der Waals surface area contributed by atoms with Crippen LogP contribution in [-0.2, 0) is 17.6 Å². The van der Waals surface area contributed by atoms with Crippen molar-refractivity contribution in [2.24, 2.45) is 5.73 Å². The number of hydrogen-bond acceptors (Lipinski definition) is 4. The third kappa shape index (κ3) is 3.65. The van der Waals surface area contributed by atoms with E-state index < -0.39 is 5.91 Å². The van der Waals surface area contributed by atoms with Crippen molar-refractivity contribution in [3.63, 3.8) is 0 Å². The first-order chi connectivity index (χ1) is 16.5. The second-order valence-corrected chi connectivity index (χ2v) is 8.66. The van der Waals surface area contributed by atoms with Gasteiger partial charge in [-0.15, -0.1) is 0 Å². The monoisotopic (exact) mass is 457 g/mol. The number of carbonyl (C=O) groups is 3. The molecule has 2 aliphatic rings. The number of benzene rings is 2. The summed E-state index contributed by atoms with van der Waals surface area (Å²) in [6.45, 7) is 3.16. The lowest BCUT2D eigenvalue weighted by atomic mass is 10.0. The number of aryl methyl sites for hydroxylation is 1. The number of carbonyl (C=O) groups excluding carboxylic acids is 3. The van der Waals surface area contributed by atoms with E-state index in [0.29, 0.717) is 30.6 Å². The molecule has 3 aromatic rings. The van der Waals surface area contributed by atoms with Crippen molar-refractivity contribution in [1.82, 2.24) is 9.78 Å². The molecule has 174 valence electrons. The number of primary amides is 1. The van der Waals surface area contributed by atoms with Crippen molar-refractivity contribution in [3.8, 4) is 5.69 Å². The number of rotatable bonds is 5. The van der Waals surface area contributed by atoms with Gasteiger partial charge in [-0.1, -0.05) is 25.1 Å². The van der Waals surface area contributed by atoms with Crippen molar-refractivity contribution >= 4 is 29.1 Å². The number of nitrogens with zero attached hydrogens (tertiary/aromatic N) is 4. The van der Waals surface area contributed by atoms with Crippen molar-refractivity contribution in [2.75, 3.05) is 22.9 Å². The summed E-state index contributed by atoms with van der Waals surface area (Å²) in [6, 6.07) is 15.2. The molecule has 1 fully saturated rings. The SMILES string of the molecule is CCc1ccccc1-n1nc(C(N)=O)c2c1C(=O)N(c1ccc(N3CCCCC3=O)cc1)CC2. The molecule has 8 heteroatoms. The van der Waals surface area contributed by atoms with Crippen molar-refractivity contribution in [1.29, 1.82) is 0 Å². The molecule has 3 amide bonds. The zero-order valence-electron chi connectivity index (χ0n) is 19.2. The molecule has 0 saturated carbocycles. The highest BCUT2D eigenvalue weighted by Gasteiger charge is 2.35. The second-order valence-electron chi connectivity index (χ2n) is 8.66. The summed E-state index contributed by atoms with van der Waals surface area (Å²) in [5, 5.41) is 4.48. The van der Waals surface area contributed by atoms with Gasteiger partial charge in [0.15, 0.2) is 5.69 Å². The van der Waals surface area contributed by atoms with E-state index in [1.54, 1.807) is 14.5 Å². The van der Waals surface area contributed by atoms with Crippen LogP contribution in [-0.4, -0.2) is 40.6 Å². The highest BCUT2D eigenvalue weighted by molar-refractivity contribution is 6.09. The van der Waals surface area contributed by atoms with E-state index in [-0.39, 0.29) is 17.5 Å². The number of aromatic nitrogens is 2.